The molecule has 0 fully saturated rings. The number of Topliss-reactive ketones (excluding diaryl/α,β-unsaturated/α-hetero) is 2. The summed E-state index contributed by atoms with van der Waals surface area (Å²) in [5.74, 6) is -0.621. The Hall–Kier alpha value is -1.70. The predicted molar refractivity (Wildman–Crippen MR) is 51.9 cm³/mol. The molecule has 0 unspecified atom stereocenters. The fourth-order valence-corrected chi connectivity index (χ4v) is 2.13. The maximum atomic E-state index is 11.6. The molecule has 0 aliphatic heterocycles. The molecule has 0 saturated heterocycles. The van der Waals surface area contributed by atoms with E-state index in [1.165, 1.54) is 0 Å². The molecular formula is C12H8O2. The Kier molecular flexibility index (Phi) is 1.32. The largest absolute Gasteiger partial charge is 0.285 e. The molecule has 0 heterocycles. The quantitative estimate of drug-likeness (QED) is 0.578. The molecule has 0 atom stereocenters. The van der Waals surface area contributed by atoms with E-state index in [1.54, 1.807) is 12.1 Å². The van der Waals surface area contributed by atoms with E-state index in [-0.39, 0.29) is 11.6 Å². The molecule has 2 nitrogen and oxygen atoms in total. The molecule has 2 heteroatoms. The Morgan fingerprint density at radius 2 is 1.43 bits per heavy atom. The Labute approximate surface area is 81.2 Å². The number of carbonyl (C=O) groups excluding carboxylic acids is 2. The molecule has 0 amide bonds. The van der Waals surface area contributed by atoms with Crippen LogP contribution >= 0.6 is 0 Å². The third kappa shape index (κ3) is 0.757. The standard InChI is InChI=1S/C12H8O2/c13-11-9-4-2-1-3-7(9)8-5-6-10(8)12(11)14/h1-4H,5-6H2. The number of carbonyl (C=O) groups is 2. The van der Waals surface area contributed by atoms with Crippen LogP contribution in [0.2, 0.25) is 0 Å². The zero-order valence-corrected chi connectivity index (χ0v) is 7.54. The van der Waals surface area contributed by atoms with Crippen molar-refractivity contribution in [1.29, 1.82) is 0 Å². The number of rotatable bonds is 0. The number of allylic oxidation sites excluding steroid dienone is 2. The van der Waals surface area contributed by atoms with Crippen LogP contribution < -0.4 is 0 Å². The van der Waals surface area contributed by atoms with Gasteiger partial charge in [0.05, 0.1) is 0 Å². The molecule has 0 spiro atoms. The summed E-state index contributed by atoms with van der Waals surface area (Å²) in [7, 11) is 0. The van der Waals surface area contributed by atoms with E-state index in [4.69, 9.17) is 0 Å². The van der Waals surface area contributed by atoms with Crippen LogP contribution in [0.3, 0.4) is 0 Å². The van der Waals surface area contributed by atoms with Crippen molar-refractivity contribution >= 4 is 17.1 Å². The minimum atomic E-state index is -0.334. The van der Waals surface area contributed by atoms with Gasteiger partial charge in [0.15, 0.2) is 0 Å². The lowest BCUT2D eigenvalue weighted by Gasteiger charge is -2.28. The summed E-state index contributed by atoms with van der Waals surface area (Å²) in [5, 5.41) is 0. The Morgan fingerprint density at radius 3 is 2.07 bits per heavy atom. The lowest BCUT2D eigenvalue weighted by molar-refractivity contribution is -0.112. The Balaban J connectivity index is 2.34. The van der Waals surface area contributed by atoms with E-state index in [0.29, 0.717) is 5.56 Å². The average Bonchev–Trinajstić information content (AvgIpc) is 2.14. The van der Waals surface area contributed by atoms with Crippen LogP contribution in [-0.2, 0) is 4.79 Å². The molecule has 0 bridgehead atoms. The number of benzene rings is 1. The first kappa shape index (κ1) is 7.68. The summed E-state index contributed by atoms with van der Waals surface area (Å²) in [6.07, 6.45) is 1.71. The summed E-state index contributed by atoms with van der Waals surface area (Å²) in [6, 6.07) is 7.37. The second kappa shape index (κ2) is 2.41. The highest BCUT2D eigenvalue weighted by Crippen LogP contribution is 2.41. The molecule has 2 aliphatic carbocycles. The van der Waals surface area contributed by atoms with Gasteiger partial charge in [-0.05, 0) is 24.0 Å². The molecule has 0 radical (unpaired) electrons. The smallest absolute Gasteiger partial charge is 0.233 e. The lowest BCUT2D eigenvalue weighted by atomic mass is 9.73. The first-order chi connectivity index (χ1) is 6.79. The van der Waals surface area contributed by atoms with Gasteiger partial charge in [-0.25, -0.2) is 0 Å². The van der Waals surface area contributed by atoms with Crippen LogP contribution in [-0.4, -0.2) is 11.6 Å². The highest BCUT2D eigenvalue weighted by atomic mass is 16.2. The van der Waals surface area contributed by atoms with Crippen molar-refractivity contribution in [3.63, 3.8) is 0 Å². The molecule has 14 heavy (non-hydrogen) atoms. The van der Waals surface area contributed by atoms with E-state index in [9.17, 15) is 9.59 Å². The van der Waals surface area contributed by atoms with Gasteiger partial charge in [-0.2, -0.15) is 0 Å². The van der Waals surface area contributed by atoms with Crippen molar-refractivity contribution in [3.05, 3.63) is 41.0 Å². The van der Waals surface area contributed by atoms with Crippen LogP contribution in [0.1, 0.15) is 28.8 Å². The van der Waals surface area contributed by atoms with Crippen molar-refractivity contribution < 1.29 is 9.59 Å². The molecule has 2 aliphatic rings. The monoisotopic (exact) mass is 184 g/mol. The molecule has 0 saturated carbocycles. The van der Waals surface area contributed by atoms with E-state index >= 15 is 0 Å². The van der Waals surface area contributed by atoms with Gasteiger partial charge in [0.25, 0.3) is 0 Å². The van der Waals surface area contributed by atoms with E-state index in [1.807, 2.05) is 12.1 Å². The van der Waals surface area contributed by atoms with Crippen molar-refractivity contribution in [1.82, 2.24) is 0 Å². The van der Waals surface area contributed by atoms with Crippen molar-refractivity contribution in [2.75, 3.05) is 0 Å². The van der Waals surface area contributed by atoms with Gasteiger partial charge < -0.3 is 0 Å². The second-order valence-corrected chi connectivity index (χ2v) is 3.66. The molecule has 0 N–H and O–H groups in total. The first-order valence-corrected chi connectivity index (χ1v) is 4.69. The maximum absolute atomic E-state index is 11.6. The molecule has 1 aromatic rings. The predicted octanol–water partition coefficient (Wildman–Crippen LogP) is 2.00. The zero-order valence-electron chi connectivity index (χ0n) is 7.54. The molecule has 3 rings (SSSR count). The normalized spacial score (nSPS) is 18.9. The third-order valence-electron chi connectivity index (χ3n) is 2.97. The molecular weight excluding hydrogens is 176 g/mol. The van der Waals surface area contributed by atoms with E-state index in [2.05, 4.69) is 0 Å². The topological polar surface area (TPSA) is 34.1 Å². The zero-order chi connectivity index (χ0) is 9.71. The van der Waals surface area contributed by atoms with Crippen LogP contribution in [0.25, 0.3) is 5.57 Å². The first-order valence-electron chi connectivity index (χ1n) is 4.69. The third-order valence-corrected chi connectivity index (χ3v) is 2.97. The van der Waals surface area contributed by atoms with Crippen molar-refractivity contribution in [2.24, 2.45) is 0 Å². The summed E-state index contributed by atoms with van der Waals surface area (Å²) in [5.41, 5.74) is 3.38. The average molecular weight is 184 g/mol. The van der Waals surface area contributed by atoms with E-state index < -0.39 is 0 Å². The van der Waals surface area contributed by atoms with Crippen LogP contribution in [0, 0.1) is 0 Å². The Morgan fingerprint density at radius 1 is 0.786 bits per heavy atom. The lowest BCUT2D eigenvalue weighted by Crippen LogP contribution is -2.27. The van der Waals surface area contributed by atoms with Crippen LogP contribution in [0.5, 0.6) is 0 Å². The number of fused-ring (bicyclic) bond motifs is 2. The Bertz CT molecular complexity index is 495. The molecule has 68 valence electrons. The highest BCUT2D eigenvalue weighted by Gasteiger charge is 2.36. The maximum Gasteiger partial charge on any atom is 0.233 e. The molecule has 1 aromatic carbocycles. The van der Waals surface area contributed by atoms with Gasteiger partial charge in [0.1, 0.15) is 0 Å². The van der Waals surface area contributed by atoms with Crippen LogP contribution in [0.4, 0.5) is 0 Å². The van der Waals surface area contributed by atoms with Gasteiger partial charge >= 0.3 is 0 Å². The summed E-state index contributed by atoms with van der Waals surface area (Å²) >= 11 is 0. The van der Waals surface area contributed by atoms with Gasteiger partial charge in [-0.15, -0.1) is 0 Å². The van der Waals surface area contributed by atoms with Gasteiger partial charge in [-0.3, -0.25) is 9.59 Å². The minimum Gasteiger partial charge on any atom is -0.285 e. The van der Waals surface area contributed by atoms with E-state index in [0.717, 1.165) is 29.6 Å². The number of hydrogen-bond acceptors (Lipinski definition) is 2. The van der Waals surface area contributed by atoms with Gasteiger partial charge in [0.2, 0.25) is 11.6 Å². The van der Waals surface area contributed by atoms with Gasteiger partial charge in [-0.1, -0.05) is 24.3 Å². The molecule has 0 aromatic heterocycles. The minimum absolute atomic E-state index is 0.287. The van der Waals surface area contributed by atoms with Gasteiger partial charge in [0, 0.05) is 11.1 Å². The fourth-order valence-electron chi connectivity index (χ4n) is 2.13. The van der Waals surface area contributed by atoms with Crippen molar-refractivity contribution in [2.45, 2.75) is 12.8 Å². The summed E-state index contributed by atoms with van der Waals surface area (Å²) < 4.78 is 0. The fraction of sp³-hybridized carbons (Fsp3) is 0.167. The highest BCUT2D eigenvalue weighted by molar-refractivity contribution is 6.53. The SMILES string of the molecule is O=C1C(=O)c2ccccc2C2=C1CC2. The summed E-state index contributed by atoms with van der Waals surface area (Å²) in [6.45, 7) is 0. The van der Waals surface area contributed by atoms with Crippen molar-refractivity contribution in [3.8, 4) is 0 Å². The summed E-state index contributed by atoms with van der Waals surface area (Å²) in [4.78, 5) is 23.2. The van der Waals surface area contributed by atoms with Crippen LogP contribution in [0.15, 0.2) is 29.8 Å². The second-order valence-electron chi connectivity index (χ2n) is 3.66. The number of hydrogen-bond donors (Lipinski definition) is 0. The number of ketones is 2.